The van der Waals surface area contributed by atoms with Crippen LogP contribution in [0.1, 0.15) is 29.8 Å². The lowest BCUT2D eigenvalue weighted by Crippen LogP contribution is -2.46. The Balaban J connectivity index is 1.67. The average molecular weight is 425 g/mol. The summed E-state index contributed by atoms with van der Waals surface area (Å²) in [6, 6.07) is 10.8. The van der Waals surface area contributed by atoms with E-state index >= 15 is 0 Å². The smallest absolute Gasteiger partial charge is 0.326 e. The summed E-state index contributed by atoms with van der Waals surface area (Å²) >= 11 is 0. The van der Waals surface area contributed by atoms with E-state index in [9.17, 15) is 14.4 Å². The van der Waals surface area contributed by atoms with Crippen LogP contribution in [0.25, 0.3) is 6.08 Å². The maximum absolute atomic E-state index is 12.6. The molecule has 1 amide bonds. The second-order valence-corrected chi connectivity index (χ2v) is 7.29. The Hall–Kier alpha value is -3.81. The summed E-state index contributed by atoms with van der Waals surface area (Å²) in [6.45, 7) is 3.03. The number of fused-ring (bicyclic) bond motifs is 1. The largest absolute Gasteiger partial charge is 0.497 e. The highest BCUT2D eigenvalue weighted by Crippen LogP contribution is 2.35. The van der Waals surface area contributed by atoms with Crippen molar-refractivity contribution in [1.29, 1.82) is 0 Å². The summed E-state index contributed by atoms with van der Waals surface area (Å²) in [4.78, 5) is 35.8. The Labute approximate surface area is 179 Å². The normalized spacial score (nSPS) is 14.7. The Morgan fingerprint density at radius 1 is 1.16 bits per heavy atom. The summed E-state index contributed by atoms with van der Waals surface area (Å²) in [5.74, 6) is -0.726. The number of ketones is 1. The summed E-state index contributed by atoms with van der Waals surface area (Å²) in [5, 5.41) is 11.6. The molecule has 2 N–H and O–H groups in total. The highest BCUT2D eigenvalue weighted by molar-refractivity contribution is 6.14. The molecule has 0 saturated carbocycles. The van der Waals surface area contributed by atoms with Gasteiger partial charge in [0.05, 0.1) is 12.7 Å². The summed E-state index contributed by atoms with van der Waals surface area (Å²) < 4.78 is 16.3. The fourth-order valence-electron chi connectivity index (χ4n) is 3.02. The molecule has 0 spiro atoms. The third-order valence-corrected chi connectivity index (χ3v) is 4.65. The van der Waals surface area contributed by atoms with Crippen molar-refractivity contribution in [3.05, 3.63) is 59.4 Å². The number of hydrogen-bond acceptors (Lipinski definition) is 6. The molecule has 1 aliphatic rings. The first-order valence-corrected chi connectivity index (χ1v) is 9.66. The number of carboxylic acid groups (broad SMARTS) is 1. The molecule has 2 aromatic carbocycles. The van der Waals surface area contributed by atoms with Gasteiger partial charge in [-0.15, -0.1) is 0 Å². The van der Waals surface area contributed by atoms with Gasteiger partial charge in [0.2, 0.25) is 5.78 Å². The van der Waals surface area contributed by atoms with Gasteiger partial charge in [0.25, 0.3) is 5.91 Å². The van der Waals surface area contributed by atoms with Crippen molar-refractivity contribution in [3.63, 3.8) is 0 Å². The molecule has 0 radical (unpaired) electrons. The third kappa shape index (κ3) is 5.22. The van der Waals surface area contributed by atoms with E-state index in [1.807, 2.05) is 12.1 Å². The molecule has 0 bridgehead atoms. The van der Waals surface area contributed by atoms with Crippen LogP contribution in [0, 0.1) is 5.92 Å². The lowest BCUT2D eigenvalue weighted by molar-refractivity contribution is -0.143. The molecule has 1 heterocycles. The fraction of sp³-hybridized carbons (Fsp3) is 0.261. The van der Waals surface area contributed by atoms with Gasteiger partial charge in [0, 0.05) is 6.07 Å². The second kappa shape index (κ2) is 9.34. The lowest BCUT2D eigenvalue weighted by Gasteiger charge is -2.18. The van der Waals surface area contributed by atoms with Crippen molar-refractivity contribution >= 4 is 23.7 Å². The minimum atomic E-state index is -1.11. The first kappa shape index (κ1) is 21.9. The molecule has 8 heteroatoms. The zero-order valence-corrected chi connectivity index (χ0v) is 17.4. The topological polar surface area (TPSA) is 111 Å². The summed E-state index contributed by atoms with van der Waals surface area (Å²) in [7, 11) is 1.56. The lowest BCUT2D eigenvalue weighted by atomic mass is 10.1. The van der Waals surface area contributed by atoms with Crippen LogP contribution in [0.15, 0.2) is 48.2 Å². The van der Waals surface area contributed by atoms with Crippen LogP contribution >= 0.6 is 0 Å². The number of rotatable bonds is 8. The van der Waals surface area contributed by atoms with Crippen LogP contribution in [0.4, 0.5) is 0 Å². The molecule has 3 rings (SSSR count). The monoisotopic (exact) mass is 425 g/mol. The van der Waals surface area contributed by atoms with Crippen molar-refractivity contribution in [2.75, 3.05) is 13.7 Å². The van der Waals surface area contributed by atoms with E-state index in [2.05, 4.69) is 5.32 Å². The number of carbonyl (C=O) groups is 3. The zero-order chi connectivity index (χ0) is 22.5. The van der Waals surface area contributed by atoms with E-state index in [1.54, 1.807) is 51.3 Å². The SMILES string of the molecule is COc1cccc(C=C2Oc3cc(OCC(=O)N[C@@H](C(=O)O)C(C)C)ccc3C2=O)c1. The van der Waals surface area contributed by atoms with Gasteiger partial charge in [0.1, 0.15) is 23.3 Å². The van der Waals surface area contributed by atoms with E-state index in [4.69, 9.17) is 19.3 Å². The molecule has 162 valence electrons. The molecule has 1 atom stereocenters. The molecule has 2 aromatic rings. The van der Waals surface area contributed by atoms with E-state index in [0.29, 0.717) is 22.8 Å². The minimum absolute atomic E-state index is 0.166. The maximum Gasteiger partial charge on any atom is 0.326 e. The number of benzene rings is 2. The summed E-state index contributed by atoms with van der Waals surface area (Å²) in [6.07, 6.45) is 1.62. The predicted molar refractivity (Wildman–Crippen MR) is 112 cm³/mol. The van der Waals surface area contributed by atoms with Gasteiger partial charge in [-0.1, -0.05) is 26.0 Å². The Bertz CT molecular complexity index is 1040. The van der Waals surface area contributed by atoms with Crippen LogP contribution in [0.3, 0.4) is 0 Å². The molecule has 0 unspecified atom stereocenters. The fourth-order valence-corrected chi connectivity index (χ4v) is 3.02. The van der Waals surface area contributed by atoms with E-state index in [0.717, 1.165) is 5.56 Å². The zero-order valence-electron chi connectivity index (χ0n) is 17.4. The van der Waals surface area contributed by atoms with Gasteiger partial charge < -0.3 is 24.6 Å². The number of carbonyl (C=O) groups excluding carboxylic acids is 2. The number of ether oxygens (including phenoxy) is 3. The molecular formula is C23H23NO7. The molecule has 8 nitrogen and oxygen atoms in total. The van der Waals surface area contributed by atoms with Gasteiger partial charge in [0.15, 0.2) is 12.4 Å². The molecule has 0 aliphatic carbocycles. The number of methoxy groups -OCH3 is 1. The van der Waals surface area contributed by atoms with Crippen LogP contribution in [0.5, 0.6) is 17.2 Å². The predicted octanol–water partition coefficient (Wildman–Crippen LogP) is 2.92. The molecular weight excluding hydrogens is 402 g/mol. The van der Waals surface area contributed by atoms with Crippen LogP contribution in [-0.2, 0) is 9.59 Å². The van der Waals surface area contributed by atoms with Gasteiger partial charge in [-0.2, -0.15) is 0 Å². The minimum Gasteiger partial charge on any atom is -0.497 e. The number of nitrogens with one attached hydrogen (secondary N) is 1. The number of Topliss-reactive ketones (excluding diaryl/α,β-unsaturated/α-hetero) is 1. The van der Waals surface area contributed by atoms with Gasteiger partial charge in [-0.25, -0.2) is 4.79 Å². The molecule has 0 saturated heterocycles. The number of carboxylic acids is 1. The van der Waals surface area contributed by atoms with Crippen LogP contribution < -0.4 is 19.5 Å². The first-order valence-electron chi connectivity index (χ1n) is 9.66. The van der Waals surface area contributed by atoms with Crippen molar-refractivity contribution in [3.8, 4) is 17.2 Å². The number of hydrogen-bond donors (Lipinski definition) is 2. The van der Waals surface area contributed by atoms with Crippen LogP contribution in [-0.4, -0.2) is 42.5 Å². The molecule has 31 heavy (non-hydrogen) atoms. The quantitative estimate of drug-likeness (QED) is 0.626. The first-order chi connectivity index (χ1) is 14.8. The average Bonchev–Trinajstić information content (AvgIpc) is 3.04. The Kier molecular flexibility index (Phi) is 6.59. The standard InChI is InChI=1S/C23H23NO7/c1-13(2)21(23(27)28)24-20(25)12-30-16-7-8-17-18(11-16)31-19(22(17)26)10-14-5-4-6-15(9-14)29-3/h4-11,13,21H,12H2,1-3H3,(H,24,25)(H,27,28)/t21-/m1/s1. The van der Waals surface area contributed by atoms with Gasteiger partial charge in [-0.3, -0.25) is 9.59 Å². The van der Waals surface area contributed by atoms with E-state index in [1.165, 1.54) is 6.07 Å². The highest BCUT2D eigenvalue weighted by Gasteiger charge is 2.28. The Morgan fingerprint density at radius 3 is 2.61 bits per heavy atom. The molecule has 1 aliphatic heterocycles. The van der Waals surface area contributed by atoms with E-state index < -0.39 is 17.9 Å². The van der Waals surface area contributed by atoms with Gasteiger partial charge >= 0.3 is 5.97 Å². The molecule has 0 aromatic heterocycles. The number of aliphatic carboxylic acids is 1. The van der Waals surface area contributed by atoms with Crippen molar-refractivity contribution < 1.29 is 33.7 Å². The maximum atomic E-state index is 12.6. The number of allylic oxidation sites excluding steroid dienone is 1. The van der Waals surface area contributed by atoms with Gasteiger partial charge in [-0.05, 0) is 41.8 Å². The highest BCUT2D eigenvalue weighted by atomic mass is 16.5. The number of amides is 1. The third-order valence-electron chi connectivity index (χ3n) is 4.65. The summed E-state index contributed by atoms with van der Waals surface area (Å²) in [5.41, 5.74) is 1.14. The Morgan fingerprint density at radius 2 is 1.94 bits per heavy atom. The van der Waals surface area contributed by atoms with Crippen molar-refractivity contribution in [2.24, 2.45) is 5.92 Å². The molecule has 0 fully saturated rings. The van der Waals surface area contributed by atoms with Crippen molar-refractivity contribution in [1.82, 2.24) is 5.32 Å². The van der Waals surface area contributed by atoms with E-state index in [-0.39, 0.29) is 24.1 Å². The van der Waals surface area contributed by atoms with Crippen LogP contribution in [0.2, 0.25) is 0 Å². The van der Waals surface area contributed by atoms with Crippen molar-refractivity contribution in [2.45, 2.75) is 19.9 Å². The second-order valence-electron chi connectivity index (χ2n) is 7.29.